The predicted molar refractivity (Wildman–Crippen MR) is 86.6 cm³/mol. The minimum absolute atomic E-state index is 0.0931. The SMILES string of the molecule is O=C(O)c1cn(CC2CCOCC2)cc(-c2ccc(F)cc2F)c1=O. The fourth-order valence-corrected chi connectivity index (χ4v) is 3.02. The predicted octanol–water partition coefficient (Wildman–Crippen LogP) is 2.92. The van der Waals surface area contributed by atoms with Crippen molar-refractivity contribution in [2.75, 3.05) is 13.2 Å². The molecule has 1 aliphatic rings. The molecule has 0 aliphatic carbocycles. The van der Waals surface area contributed by atoms with Crippen LogP contribution in [0.2, 0.25) is 0 Å². The van der Waals surface area contributed by atoms with Crippen LogP contribution in [-0.4, -0.2) is 28.9 Å². The van der Waals surface area contributed by atoms with Crippen molar-refractivity contribution >= 4 is 5.97 Å². The standard InChI is InChI=1S/C18H17F2NO4/c19-12-1-2-13(16(20)7-12)14-9-21(8-11-3-5-25-6-4-11)10-15(17(14)22)18(23)24/h1-2,7,9-11H,3-6,8H2,(H,23,24). The minimum Gasteiger partial charge on any atom is -0.477 e. The maximum atomic E-state index is 14.1. The third kappa shape index (κ3) is 3.76. The van der Waals surface area contributed by atoms with E-state index in [0.717, 1.165) is 25.0 Å². The molecule has 0 bridgehead atoms. The first-order valence-electron chi connectivity index (χ1n) is 7.96. The summed E-state index contributed by atoms with van der Waals surface area (Å²) in [6, 6.07) is 2.85. The van der Waals surface area contributed by atoms with E-state index in [0.29, 0.717) is 25.8 Å². The number of pyridine rings is 1. The van der Waals surface area contributed by atoms with Crippen molar-refractivity contribution in [3.05, 3.63) is 58.0 Å². The van der Waals surface area contributed by atoms with Crippen LogP contribution in [0, 0.1) is 17.6 Å². The van der Waals surface area contributed by atoms with Gasteiger partial charge in [-0.05, 0) is 30.9 Å². The Hall–Kier alpha value is -2.54. The van der Waals surface area contributed by atoms with Crippen LogP contribution in [-0.2, 0) is 11.3 Å². The molecule has 132 valence electrons. The molecular formula is C18H17F2NO4. The summed E-state index contributed by atoms with van der Waals surface area (Å²) < 4.78 is 34.1. The molecule has 0 spiro atoms. The normalized spacial score (nSPS) is 15.3. The fraction of sp³-hybridized carbons (Fsp3) is 0.333. The highest BCUT2D eigenvalue weighted by atomic mass is 19.1. The van der Waals surface area contributed by atoms with E-state index in [4.69, 9.17) is 4.74 Å². The number of hydrogen-bond donors (Lipinski definition) is 1. The van der Waals surface area contributed by atoms with Crippen molar-refractivity contribution in [3.63, 3.8) is 0 Å². The third-order valence-electron chi connectivity index (χ3n) is 4.34. The lowest BCUT2D eigenvalue weighted by Crippen LogP contribution is -2.24. The second-order valence-corrected chi connectivity index (χ2v) is 6.10. The number of aromatic carboxylic acids is 1. The summed E-state index contributed by atoms with van der Waals surface area (Å²) in [5.74, 6) is -2.77. The first kappa shape index (κ1) is 17.3. The number of rotatable bonds is 4. The van der Waals surface area contributed by atoms with Crippen molar-refractivity contribution in [1.29, 1.82) is 0 Å². The number of benzene rings is 1. The van der Waals surface area contributed by atoms with E-state index in [2.05, 4.69) is 0 Å². The molecule has 1 aromatic carbocycles. The quantitative estimate of drug-likeness (QED) is 0.922. The molecule has 0 unspecified atom stereocenters. The van der Waals surface area contributed by atoms with Crippen LogP contribution in [0.25, 0.3) is 11.1 Å². The maximum Gasteiger partial charge on any atom is 0.341 e. The van der Waals surface area contributed by atoms with Crippen LogP contribution in [0.1, 0.15) is 23.2 Å². The zero-order chi connectivity index (χ0) is 18.0. The van der Waals surface area contributed by atoms with Crippen LogP contribution in [0.3, 0.4) is 0 Å². The number of halogens is 2. The number of carboxylic acid groups (broad SMARTS) is 1. The van der Waals surface area contributed by atoms with E-state index < -0.39 is 28.6 Å². The van der Waals surface area contributed by atoms with E-state index in [9.17, 15) is 23.5 Å². The number of aromatic nitrogens is 1. The van der Waals surface area contributed by atoms with E-state index in [-0.39, 0.29) is 17.0 Å². The molecule has 0 atom stereocenters. The van der Waals surface area contributed by atoms with E-state index in [1.165, 1.54) is 12.4 Å². The van der Waals surface area contributed by atoms with Crippen molar-refractivity contribution in [2.24, 2.45) is 5.92 Å². The van der Waals surface area contributed by atoms with Crippen LogP contribution < -0.4 is 5.43 Å². The number of nitrogens with zero attached hydrogens (tertiary/aromatic N) is 1. The van der Waals surface area contributed by atoms with E-state index >= 15 is 0 Å². The van der Waals surface area contributed by atoms with Gasteiger partial charge in [0.15, 0.2) is 0 Å². The molecule has 1 aliphatic heterocycles. The Labute approximate surface area is 142 Å². The second kappa shape index (κ2) is 7.14. The van der Waals surface area contributed by atoms with Gasteiger partial charge in [-0.1, -0.05) is 0 Å². The molecule has 0 saturated carbocycles. The highest BCUT2D eigenvalue weighted by molar-refractivity contribution is 5.88. The highest BCUT2D eigenvalue weighted by Gasteiger charge is 2.20. The number of hydrogen-bond acceptors (Lipinski definition) is 3. The smallest absolute Gasteiger partial charge is 0.341 e. The van der Waals surface area contributed by atoms with E-state index in [1.807, 2.05) is 0 Å². The lowest BCUT2D eigenvalue weighted by molar-refractivity contribution is 0.0609. The largest absolute Gasteiger partial charge is 0.477 e. The summed E-state index contributed by atoms with van der Waals surface area (Å²) in [4.78, 5) is 23.8. The first-order chi connectivity index (χ1) is 12.0. The monoisotopic (exact) mass is 349 g/mol. The molecule has 1 N–H and O–H groups in total. The zero-order valence-corrected chi connectivity index (χ0v) is 13.4. The lowest BCUT2D eigenvalue weighted by atomic mass is 9.99. The lowest BCUT2D eigenvalue weighted by Gasteiger charge is -2.23. The Morgan fingerprint density at radius 3 is 2.56 bits per heavy atom. The zero-order valence-electron chi connectivity index (χ0n) is 13.4. The Kier molecular flexibility index (Phi) is 4.94. The summed E-state index contributed by atoms with van der Waals surface area (Å²) in [5, 5.41) is 9.29. The molecule has 1 fully saturated rings. The Bertz CT molecular complexity index is 857. The van der Waals surface area contributed by atoms with Gasteiger partial charge in [0, 0.05) is 49.3 Å². The minimum atomic E-state index is -1.38. The van der Waals surface area contributed by atoms with Crippen molar-refractivity contribution in [2.45, 2.75) is 19.4 Å². The van der Waals surface area contributed by atoms with Gasteiger partial charge in [-0.25, -0.2) is 13.6 Å². The van der Waals surface area contributed by atoms with Crippen LogP contribution >= 0.6 is 0 Å². The molecule has 2 aromatic rings. The number of carboxylic acids is 1. The molecule has 7 heteroatoms. The Balaban J connectivity index is 2.07. The third-order valence-corrected chi connectivity index (χ3v) is 4.34. The molecule has 1 saturated heterocycles. The topological polar surface area (TPSA) is 68.5 Å². The molecule has 3 rings (SSSR count). The molecule has 0 amide bonds. The summed E-state index contributed by atoms with van der Waals surface area (Å²) in [7, 11) is 0. The van der Waals surface area contributed by atoms with Crippen molar-refractivity contribution in [3.8, 4) is 11.1 Å². The number of carbonyl (C=O) groups is 1. The average Bonchev–Trinajstić information content (AvgIpc) is 2.57. The summed E-state index contributed by atoms with van der Waals surface area (Å²) in [6.45, 7) is 1.77. The summed E-state index contributed by atoms with van der Waals surface area (Å²) >= 11 is 0. The average molecular weight is 349 g/mol. The van der Waals surface area contributed by atoms with Crippen LogP contribution in [0.15, 0.2) is 35.4 Å². The van der Waals surface area contributed by atoms with Gasteiger partial charge in [-0.3, -0.25) is 4.79 Å². The molecule has 0 radical (unpaired) electrons. The molecular weight excluding hydrogens is 332 g/mol. The van der Waals surface area contributed by atoms with Crippen molar-refractivity contribution < 1.29 is 23.4 Å². The fourth-order valence-electron chi connectivity index (χ4n) is 3.02. The molecule has 1 aromatic heterocycles. The highest BCUT2D eigenvalue weighted by Crippen LogP contribution is 2.23. The van der Waals surface area contributed by atoms with Crippen LogP contribution in [0.5, 0.6) is 0 Å². The van der Waals surface area contributed by atoms with E-state index in [1.54, 1.807) is 4.57 Å². The van der Waals surface area contributed by atoms with Gasteiger partial charge in [0.25, 0.3) is 0 Å². The summed E-state index contributed by atoms with van der Waals surface area (Å²) in [6.07, 6.45) is 4.36. The molecule has 5 nitrogen and oxygen atoms in total. The maximum absolute atomic E-state index is 14.1. The first-order valence-corrected chi connectivity index (χ1v) is 7.96. The van der Waals surface area contributed by atoms with Gasteiger partial charge in [0.05, 0.1) is 0 Å². The molecule has 25 heavy (non-hydrogen) atoms. The Morgan fingerprint density at radius 1 is 1.20 bits per heavy atom. The second-order valence-electron chi connectivity index (χ2n) is 6.10. The Morgan fingerprint density at radius 2 is 1.92 bits per heavy atom. The van der Waals surface area contributed by atoms with Gasteiger partial charge in [-0.15, -0.1) is 0 Å². The van der Waals surface area contributed by atoms with Gasteiger partial charge in [0.1, 0.15) is 17.2 Å². The summed E-state index contributed by atoms with van der Waals surface area (Å²) in [5.41, 5.74) is -1.44. The van der Waals surface area contributed by atoms with Gasteiger partial charge < -0.3 is 14.4 Å². The van der Waals surface area contributed by atoms with Crippen molar-refractivity contribution in [1.82, 2.24) is 4.57 Å². The molecule has 2 heterocycles. The van der Waals surface area contributed by atoms with Gasteiger partial charge in [-0.2, -0.15) is 0 Å². The van der Waals surface area contributed by atoms with Gasteiger partial charge in [0.2, 0.25) is 5.43 Å². The van der Waals surface area contributed by atoms with Gasteiger partial charge >= 0.3 is 5.97 Å². The van der Waals surface area contributed by atoms with Crippen LogP contribution in [0.4, 0.5) is 8.78 Å². The number of ether oxygens (including phenoxy) is 1.